The van der Waals surface area contributed by atoms with Crippen molar-refractivity contribution < 1.29 is 22.4 Å². The number of halogens is 1. The highest BCUT2D eigenvalue weighted by Crippen LogP contribution is 2.49. The number of fused-ring (bicyclic) bond motifs is 2. The van der Waals surface area contributed by atoms with Crippen LogP contribution in [0.25, 0.3) is 0 Å². The number of amides is 2. The molecule has 2 aliphatic carbocycles. The lowest BCUT2D eigenvalue weighted by atomic mass is 9.84. The van der Waals surface area contributed by atoms with Crippen molar-refractivity contribution in [2.45, 2.75) is 38.6 Å². The highest BCUT2D eigenvalue weighted by molar-refractivity contribution is 7.92. The number of hydrogen-bond donors (Lipinski definition) is 2. The van der Waals surface area contributed by atoms with Gasteiger partial charge in [-0.3, -0.25) is 9.59 Å². The molecule has 2 fully saturated rings. The Labute approximate surface area is 158 Å². The van der Waals surface area contributed by atoms with E-state index in [1.807, 2.05) is 6.92 Å². The first-order valence-electron chi connectivity index (χ1n) is 9.27. The minimum atomic E-state index is -3.89. The number of carbonyl (C=O) groups excluding carboxylic acids is 2. The summed E-state index contributed by atoms with van der Waals surface area (Å²) in [6.07, 6.45) is 4.77. The van der Waals surface area contributed by atoms with E-state index in [0.29, 0.717) is 17.5 Å². The van der Waals surface area contributed by atoms with E-state index in [1.165, 1.54) is 31.4 Å². The molecule has 2 aliphatic rings. The third-order valence-electron chi connectivity index (χ3n) is 5.65. The maximum absolute atomic E-state index is 12.9. The van der Waals surface area contributed by atoms with Gasteiger partial charge in [0.05, 0.1) is 0 Å². The Morgan fingerprint density at radius 1 is 1.11 bits per heavy atom. The van der Waals surface area contributed by atoms with Crippen molar-refractivity contribution in [3.63, 3.8) is 0 Å². The molecule has 1 aromatic carbocycles. The van der Waals surface area contributed by atoms with Crippen molar-refractivity contribution >= 4 is 27.3 Å². The highest BCUT2D eigenvalue weighted by atomic mass is 32.2. The molecule has 148 valence electrons. The SMILES string of the molecule is CC(NC(=O)CS(=O)(=O)CC(=O)Nc1ccc(F)cc1)C1CC2CCC1C2. The number of benzene rings is 1. The predicted molar refractivity (Wildman–Crippen MR) is 100 cm³/mol. The first-order chi connectivity index (χ1) is 12.7. The molecule has 0 radical (unpaired) electrons. The van der Waals surface area contributed by atoms with Gasteiger partial charge in [0.2, 0.25) is 11.8 Å². The van der Waals surface area contributed by atoms with Crippen molar-refractivity contribution in [3.05, 3.63) is 30.1 Å². The van der Waals surface area contributed by atoms with Crippen molar-refractivity contribution in [3.8, 4) is 0 Å². The second kappa shape index (κ2) is 7.96. The maximum atomic E-state index is 12.9. The first-order valence-corrected chi connectivity index (χ1v) is 11.1. The fraction of sp³-hybridized carbons (Fsp3) is 0.579. The molecule has 27 heavy (non-hydrogen) atoms. The number of sulfone groups is 1. The summed E-state index contributed by atoms with van der Waals surface area (Å²) >= 11 is 0. The summed E-state index contributed by atoms with van der Waals surface area (Å²) in [4.78, 5) is 24.0. The fourth-order valence-electron chi connectivity index (χ4n) is 4.49. The van der Waals surface area contributed by atoms with Crippen molar-refractivity contribution in [1.82, 2.24) is 5.32 Å². The van der Waals surface area contributed by atoms with Crippen molar-refractivity contribution in [1.29, 1.82) is 0 Å². The monoisotopic (exact) mass is 396 g/mol. The normalized spacial score (nSPS) is 25.2. The zero-order valence-electron chi connectivity index (χ0n) is 15.3. The van der Waals surface area contributed by atoms with E-state index in [2.05, 4.69) is 10.6 Å². The summed E-state index contributed by atoms with van der Waals surface area (Å²) in [5, 5.41) is 5.19. The van der Waals surface area contributed by atoms with Gasteiger partial charge in [-0.05, 0) is 68.2 Å². The molecule has 6 nitrogen and oxygen atoms in total. The molecule has 0 aromatic heterocycles. The lowest BCUT2D eigenvalue weighted by molar-refractivity contribution is -0.119. The Hall–Kier alpha value is -1.96. The zero-order chi connectivity index (χ0) is 19.6. The van der Waals surface area contributed by atoms with E-state index < -0.39 is 39.0 Å². The molecule has 2 amide bonds. The predicted octanol–water partition coefficient (Wildman–Crippen LogP) is 2.12. The molecule has 4 unspecified atom stereocenters. The molecule has 0 heterocycles. The smallest absolute Gasteiger partial charge is 0.239 e. The second-order valence-corrected chi connectivity index (χ2v) is 9.85. The molecule has 2 N–H and O–H groups in total. The van der Waals surface area contributed by atoms with Gasteiger partial charge in [0.15, 0.2) is 9.84 Å². The van der Waals surface area contributed by atoms with Crippen LogP contribution in [0.1, 0.15) is 32.6 Å². The van der Waals surface area contributed by atoms with E-state index in [-0.39, 0.29) is 6.04 Å². The van der Waals surface area contributed by atoms with Gasteiger partial charge in [-0.25, -0.2) is 12.8 Å². The molecule has 2 saturated carbocycles. The van der Waals surface area contributed by atoms with Gasteiger partial charge in [0.25, 0.3) is 0 Å². The summed E-state index contributed by atoms with van der Waals surface area (Å²) in [6, 6.07) is 4.94. The summed E-state index contributed by atoms with van der Waals surface area (Å²) < 4.78 is 37.1. The second-order valence-electron chi connectivity index (χ2n) is 7.78. The number of carbonyl (C=O) groups is 2. The fourth-order valence-corrected chi connectivity index (χ4v) is 5.55. The molecule has 3 rings (SSSR count). The summed E-state index contributed by atoms with van der Waals surface area (Å²) in [7, 11) is -3.89. The van der Waals surface area contributed by atoms with Crippen LogP contribution in [-0.4, -0.2) is 37.8 Å². The van der Waals surface area contributed by atoms with E-state index in [4.69, 9.17) is 0 Å². The van der Waals surface area contributed by atoms with Crippen LogP contribution < -0.4 is 10.6 Å². The average Bonchev–Trinajstić information content (AvgIpc) is 3.18. The van der Waals surface area contributed by atoms with E-state index in [0.717, 1.165) is 24.5 Å². The molecule has 0 spiro atoms. The topological polar surface area (TPSA) is 92.3 Å². The molecular weight excluding hydrogens is 371 g/mol. The maximum Gasteiger partial charge on any atom is 0.239 e. The summed E-state index contributed by atoms with van der Waals surface area (Å²) in [5.74, 6) is -1.49. The number of rotatable bonds is 7. The van der Waals surface area contributed by atoms with Crippen molar-refractivity contribution in [2.75, 3.05) is 16.8 Å². The molecule has 0 aliphatic heterocycles. The number of hydrogen-bond acceptors (Lipinski definition) is 4. The van der Waals surface area contributed by atoms with E-state index in [1.54, 1.807) is 0 Å². The van der Waals surface area contributed by atoms with Crippen LogP contribution in [0.15, 0.2) is 24.3 Å². The van der Waals surface area contributed by atoms with Crippen LogP contribution >= 0.6 is 0 Å². The van der Waals surface area contributed by atoms with Gasteiger partial charge in [-0.15, -0.1) is 0 Å². The Bertz CT molecular complexity index is 810. The minimum absolute atomic E-state index is 0.0592. The van der Waals surface area contributed by atoms with Crippen LogP contribution in [0, 0.1) is 23.6 Å². The molecule has 1 aromatic rings. The molecule has 2 bridgehead atoms. The van der Waals surface area contributed by atoms with Crippen LogP contribution in [0.2, 0.25) is 0 Å². The highest BCUT2D eigenvalue weighted by Gasteiger charge is 2.42. The number of nitrogens with one attached hydrogen (secondary N) is 2. The van der Waals surface area contributed by atoms with Gasteiger partial charge >= 0.3 is 0 Å². The minimum Gasteiger partial charge on any atom is -0.352 e. The molecule has 4 atom stereocenters. The van der Waals surface area contributed by atoms with Crippen LogP contribution in [0.4, 0.5) is 10.1 Å². The van der Waals surface area contributed by atoms with Gasteiger partial charge in [0.1, 0.15) is 17.3 Å². The van der Waals surface area contributed by atoms with Crippen LogP contribution in [-0.2, 0) is 19.4 Å². The van der Waals surface area contributed by atoms with E-state index in [9.17, 15) is 22.4 Å². The van der Waals surface area contributed by atoms with E-state index >= 15 is 0 Å². The van der Waals surface area contributed by atoms with Crippen LogP contribution in [0.5, 0.6) is 0 Å². The third kappa shape index (κ3) is 5.28. The Kier molecular flexibility index (Phi) is 5.83. The Morgan fingerprint density at radius 3 is 2.37 bits per heavy atom. The zero-order valence-corrected chi connectivity index (χ0v) is 16.1. The Morgan fingerprint density at radius 2 is 1.78 bits per heavy atom. The molecule has 0 saturated heterocycles. The lowest BCUT2D eigenvalue weighted by Gasteiger charge is -2.28. The Balaban J connectivity index is 1.47. The summed E-state index contributed by atoms with van der Waals surface area (Å²) in [6.45, 7) is 1.93. The quantitative estimate of drug-likeness (QED) is 0.738. The van der Waals surface area contributed by atoms with Crippen molar-refractivity contribution in [2.24, 2.45) is 17.8 Å². The van der Waals surface area contributed by atoms with Gasteiger partial charge in [-0.1, -0.05) is 6.42 Å². The molecular formula is C19H25FN2O4S. The molecule has 8 heteroatoms. The van der Waals surface area contributed by atoms with Gasteiger partial charge in [-0.2, -0.15) is 0 Å². The standard InChI is InChI=1S/C19H25FN2O4S/c1-12(17-9-13-2-3-14(17)8-13)21-18(23)10-27(25,26)11-19(24)22-16-6-4-15(20)5-7-16/h4-7,12-14,17H,2-3,8-11H2,1H3,(H,21,23)(H,22,24). The first kappa shape index (κ1) is 19.8. The largest absolute Gasteiger partial charge is 0.352 e. The third-order valence-corrected chi connectivity index (χ3v) is 7.06. The summed E-state index contributed by atoms with van der Waals surface area (Å²) in [5.41, 5.74) is 0.297. The van der Waals surface area contributed by atoms with Gasteiger partial charge in [0, 0.05) is 11.7 Å². The lowest BCUT2D eigenvalue weighted by Crippen LogP contribution is -2.43. The van der Waals surface area contributed by atoms with Gasteiger partial charge < -0.3 is 10.6 Å². The van der Waals surface area contributed by atoms with Crippen LogP contribution in [0.3, 0.4) is 0 Å². The number of anilines is 1. The average molecular weight is 396 g/mol.